The molecule has 2 heterocycles. The number of ketones is 1. The highest BCUT2D eigenvalue weighted by Crippen LogP contribution is 2.49. The Kier molecular flexibility index (Phi) is 5.00. The highest BCUT2D eigenvalue weighted by molar-refractivity contribution is 6.30. The summed E-state index contributed by atoms with van der Waals surface area (Å²) in [5, 5.41) is 8.15. The zero-order valence-electron chi connectivity index (χ0n) is 19.8. The quantitative estimate of drug-likeness (QED) is 0.278. The highest BCUT2D eigenvalue weighted by atomic mass is 35.5. The van der Waals surface area contributed by atoms with Gasteiger partial charge >= 0.3 is 0 Å². The molecule has 1 N–H and O–H groups in total. The van der Waals surface area contributed by atoms with Crippen LogP contribution in [0.25, 0.3) is 27.2 Å². The minimum atomic E-state index is -0.169. The van der Waals surface area contributed by atoms with Gasteiger partial charge in [-0.1, -0.05) is 72.3 Å². The van der Waals surface area contributed by atoms with Crippen molar-refractivity contribution < 1.29 is 4.79 Å². The molecule has 5 aromatic rings. The molecule has 1 atom stereocenters. The van der Waals surface area contributed by atoms with Crippen molar-refractivity contribution in [2.75, 3.05) is 5.32 Å². The molecule has 36 heavy (non-hydrogen) atoms. The topological polar surface area (TPSA) is 34.0 Å². The van der Waals surface area contributed by atoms with Gasteiger partial charge in [-0.25, -0.2) is 0 Å². The van der Waals surface area contributed by atoms with E-state index in [4.69, 9.17) is 11.6 Å². The lowest BCUT2D eigenvalue weighted by atomic mass is 9.77. The van der Waals surface area contributed by atoms with Gasteiger partial charge in [-0.2, -0.15) is 0 Å². The van der Waals surface area contributed by atoms with E-state index >= 15 is 0 Å². The number of allylic oxidation sites excluding steroid dienone is 1. The number of nitrogens with zero attached hydrogens (tertiary/aromatic N) is 1. The largest absolute Gasteiger partial charge is 0.373 e. The SMILES string of the molecule is O=C1CCCC2=C1[C@@H](c1cn(Cc3ccc(Cl)cc3)c3ccccc13)Nc1ccc3ccccc3c12. The van der Waals surface area contributed by atoms with Gasteiger partial charge in [-0.3, -0.25) is 4.79 Å². The third-order valence-corrected chi connectivity index (χ3v) is 7.92. The fourth-order valence-corrected chi connectivity index (χ4v) is 6.18. The number of carbonyl (C=O) groups excluding carboxylic acids is 1. The van der Waals surface area contributed by atoms with Crippen LogP contribution in [0.1, 0.15) is 42.0 Å². The van der Waals surface area contributed by atoms with E-state index in [1.165, 1.54) is 38.4 Å². The van der Waals surface area contributed by atoms with E-state index in [9.17, 15) is 4.79 Å². The molecule has 0 fully saturated rings. The number of Topliss-reactive ketones (excluding diaryl/α,β-unsaturated/α-hetero) is 1. The molecule has 0 radical (unpaired) electrons. The van der Waals surface area contributed by atoms with Gasteiger partial charge in [0.05, 0.1) is 6.04 Å². The normalized spacial score (nSPS) is 17.2. The van der Waals surface area contributed by atoms with Crippen LogP contribution in [0.15, 0.2) is 96.7 Å². The second kappa shape index (κ2) is 8.39. The van der Waals surface area contributed by atoms with Gasteiger partial charge in [0.25, 0.3) is 0 Å². The van der Waals surface area contributed by atoms with Gasteiger partial charge in [-0.05, 0) is 59.0 Å². The second-order valence-electron chi connectivity index (χ2n) is 9.81. The van der Waals surface area contributed by atoms with Gasteiger partial charge in [0.15, 0.2) is 5.78 Å². The first-order valence-corrected chi connectivity index (χ1v) is 12.9. The molecular weight excluding hydrogens is 464 g/mol. The summed E-state index contributed by atoms with van der Waals surface area (Å²) < 4.78 is 2.29. The molecule has 7 rings (SSSR count). The van der Waals surface area contributed by atoms with E-state index in [1.807, 2.05) is 12.1 Å². The van der Waals surface area contributed by atoms with Gasteiger partial charge in [0, 0.05) is 57.5 Å². The van der Waals surface area contributed by atoms with Gasteiger partial charge in [0.1, 0.15) is 0 Å². The average Bonchev–Trinajstić information content (AvgIpc) is 3.27. The predicted octanol–water partition coefficient (Wildman–Crippen LogP) is 8.17. The molecule has 1 aliphatic carbocycles. The van der Waals surface area contributed by atoms with Crippen LogP contribution in [0.5, 0.6) is 0 Å². The van der Waals surface area contributed by atoms with Crippen LogP contribution in [0.3, 0.4) is 0 Å². The summed E-state index contributed by atoms with van der Waals surface area (Å²) in [4.78, 5) is 13.5. The van der Waals surface area contributed by atoms with Gasteiger partial charge in [0.2, 0.25) is 0 Å². The number of para-hydroxylation sites is 1. The van der Waals surface area contributed by atoms with E-state index in [0.29, 0.717) is 6.42 Å². The lowest BCUT2D eigenvalue weighted by molar-refractivity contribution is -0.116. The maximum absolute atomic E-state index is 13.5. The fourth-order valence-electron chi connectivity index (χ4n) is 6.06. The van der Waals surface area contributed by atoms with Crippen LogP contribution >= 0.6 is 11.6 Å². The maximum atomic E-state index is 13.5. The molecule has 0 unspecified atom stereocenters. The molecule has 176 valence electrons. The summed E-state index contributed by atoms with van der Waals surface area (Å²) in [5.41, 5.74) is 7.99. The Morgan fingerprint density at radius 2 is 1.64 bits per heavy atom. The van der Waals surface area contributed by atoms with Crippen molar-refractivity contribution in [2.45, 2.75) is 31.8 Å². The van der Waals surface area contributed by atoms with Crippen molar-refractivity contribution in [1.82, 2.24) is 4.57 Å². The number of hydrogen-bond donors (Lipinski definition) is 1. The van der Waals surface area contributed by atoms with Crippen molar-refractivity contribution >= 4 is 50.3 Å². The number of fused-ring (bicyclic) bond motifs is 5. The standard InChI is InChI=1S/C32H25ClN2O/c33-22-15-12-20(13-16-22)18-35-19-26(24-8-3-4-10-28(24)35)32-31-25(9-5-11-29(31)36)30-23-7-2-1-6-21(23)14-17-27(30)34-32/h1-4,6-8,10,12-17,19,32,34H,5,9,11,18H2/t32-/m1/s1. The molecule has 4 aromatic carbocycles. The molecule has 2 aliphatic rings. The lowest BCUT2D eigenvalue weighted by Crippen LogP contribution is -2.27. The molecular formula is C32H25ClN2O. The molecule has 0 saturated carbocycles. The Balaban J connectivity index is 1.42. The van der Waals surface area contributed by atoms with Crippen molar-refractivity contribution in [1.29, 1.82) is 0 Å². The molecule has 1 aliphatic heterocycles. The summed E-state index contributed by atoms with van der Waals surface area (Å²) in [7, 11) is 0. The van der Waals surface area contributed by atoms with E-state index in [-0.39, 0.29) is 11.8 Å². The molecule has 0 amide bonds. The van der Waals surface area contributed by atoms with Crippen molar-refractivity contribution in [2.24, 2.45) is 0 Å². The average molecular weight is 489 g/mol. The number of halogens is 1. The number of aromatic nitrogens is 1. The number of nitrogens with one attached hydrogen (secondary N) is 1. The van der Waals surface area contributed by atoms with Crippen LogP contribution in [0.2, 0.25) is 5.02 Å². The molecule has 0 saturated heterocycles. The van der Waals surface area contributed by atoms with E-state index in [2.05, 4.69) is 88.9 Å². The van der Waals surface area contributed by atoms with Gasteiger partial charge < -0.3 is 9.88 Å². The highest BCUT2D eigenvalue weighted by Gasteiger charge is 2.36. The van der Waals surface area contributed by atoms with E-state index < -0.39 is 0 Å². The zero-order valence-corrected chi connectivity index (χ0v) is 20.6. The second-order valence-corrected chi connectivity index (χ2v) is 10.2. The maximum Gasteiger partial charge on any atom is 0.161 e. The van der Waals surface area contributed by atoms with Crippen LogP contribution < -0.4 is 5.32 Å². The number of benzene rings is 4. The monoisotopic (exact) mass is 488 g/mol. The summed E-state index contributed by atoms with van der Waals surface area (Å²) in [5.74, 6) is 0.266. The number of anilines is 1. The Hall–Kier alpha value is -3.82. The summed E-state index contributed by atoms with van der Waals surface area (Å²) in [6.45, 7) is 0.742. The summed E-state index contributed by atoms with van der Waals surface area (Å²) in [6, 6.07) is 29.2. The third-order valence-electron chi connectivity index (χ3n) is 7.67. The number of carbonyl (C=O) groups is 1. The molecule has 3 nitrogen and oxygen atoms in total. The van der Waals surface area contributed by atoms with Crippen molar-refractivity contribution in [3.8, 4) is 0 Å². The van der Waals surface area contributed by atoms with Crippen LogP contribution in [-0.4, -0.2) is 10.4 Å². The molecule has 0 bridgehead atoms. The minimum Gasteiger partial charge on any atom is -0.373 e. The van der Waals surface area contributed by atoms with Crippen LogP contribution in [0, 0.1) is 0 Å². The first kappa shape index (κ1) is 21.5. The summed E-state index contributed by atoms with van der Waals surface area (Å²) in [6.07, 6.45) is 4.69. The Labute approximate surface area is 215 Å². The molecule has 4 heteroatoms. The Morgan fingerprint density at radius 3 is 2.50 bits per heavy atom. The van der Waals surface area contributed by atoms with Crippen LogP contribution in [0.4, 0.5) is 5.69 Å². The van der Waals surface area contributed by atoms with E-state index in [1.54, 1.807) is 0 Å². The van der Waals surface area contributed by atoms with Crippen molar-refractivity contribution in [3.05, 3.63) is 118 Å². The molecule has 1 aromatic heterocycles. The van der Waals surface area contributed by atoms with Crippen molar-refractivity contribution in [3.63, 3.8) is 0 Å². The first-order chi connectivity index (χ1) is 17.7. The fraction of sp³-hybridized carbons (Fsp3) is 0.156. The van der Waals surface area contributed by atoms with Gasteiger partial charge in [-0.15, -0.1) is 0 Å². The first-order valence-electron chi connectivity index (χ1n) is 12.5. The zero-order chi connectivity index (χ0) is 24.2. The minimum absolute atomic E-state index is 0.169. The number of rotatable bonds is 3. The third kappa shape index (κ3) is 3.38. The Morgan fingerprint density at radius 1 is 0.861 bits per heavy atom. The predicted molar refractivity (Wildman–Crippen MR) is 149 cm³/mol. The van der Waals surface area contributed by atoms with E-state index in [0.717, 1.165) is 41.2 Å². The smallest absolute Gasteiger partial charge is 0.161 e. The molecule has 0 spiro atoms. The lowest BCUT2D eigenvalue weighted by Gasteiger charge is -2.35. The Bertz CT molecular complexity index is 1690. The number of hydrogen-bond acceptors (Lipinski definition) is 2. The van der Waals surface area contributed by atoms with Crippen LogP contribution in [-0.2, 0) is 11.3 Å². The summed E-state index contributed by atoms with van der Waals surface area (Å²) >= 11 is 6.12.